The standard InChI is InChI=1S/C21H23N3O2/c1-5-10-26-19-9-7-6-8-18(19)13-23-24-20(25)14-22-21-16(3)11-15(2)12-17(21)4/h1,6-9,11-13,22H,10,14H2,2-4H3,(H,24,25)/b23-13-. The highest BCUT2D eigenvalue weighted by molar-refractivity contribution is 5.86. The van der Waals surface area contributed by atoms with Gasteiger partial charge in [0.25, 0.3) is 5.91 Å². The van der Waals surface area contributed by atoms with Crippen LogP contribution in [-0.2, 0) is 4.79 Å². The van der Waals surface area contributed by atoms with E-state index in [0.29, 0.717) is 5.75 Å². The fourth-order valence-corrected chi connectivity index (χ4v) is 2.68. The number of terminal acetylenes is 1. The third-order valence-corrected chi connectivity index (χ3v) is 3.73. The number of rotatable bonds is 7. The number of para-hydroxylation sites is 1. The number of carbonyl (C=O) groups is 1. The van der Waals surface area contributed by atoms with Crippen molar-refractivity contribution in [2.24, 2.45) is 5.10 Å². The number of carbonyl (C=O) groups excluding carboxylic acids is 1. The van der Waals surface area contributed by atoms with Gasteiger partial charge in [0.2, 0.25) is 0 Å². The van der Waals surface area contributed by atoms with E-state index in [-0.39, 0.29) is 19.1 Å². The van der Waals surface area contributed by atoms with Crippen molar-refractivity contribution in [2.45, 2.75) is 20.8 Å². The van der Waals surface area contributed by atoms with Gasteiger partial charge in [-0.1, -0.05) is 35.7 Å². The van der Waals surface area contributed by atoms with Crippen molar-refractivity contribution >= 4 is 17.8 Å². The summed E-state index contributed by atoms with van der Waals surface area (Å²) < 4.78 is 5.43. The topological polar surface area (TPSA) is 62.7 Å². The minimum absolute atomic E-state index is 0.136. The first-order chi connectivity index (χ1) is 12.5. The van der Waals surface area contributed by atoms with Gasteiger partial charge < -0.3 is 10.1 Å². The SMILES string of the molecule is C#CCOc1ccccc1/C=N\NC(=O)CNc1c(C)cc(C)cc1C. The van der Waals surface area contributed by atoms with Crippen molar-refractivity contribution in [2.75, 3.05) is 18.5 Å². The highest BCUT2D eigenvalue weighted by atomic mass is 16.5. The van der Waals surface area contributed by atoms with Crippen molar-refractivity contribution in [1.82, 2.24) is 5.43 Å². The second kappa shape index (κ2) is 9.28. The van der Waals surface area contributed by atoms with Crippen LogP contribution < -0.4 is 15.5 Å². The molecular formula is C21H23N3O2. The maximum Gasteiger partial charge on any atom is 0.259 e. The van der Waals surface area contributed by atoms with Crippen LogP contribution in [0.25, 0.3) is 0 Å². The molecule has 0 aliphatic heterocycles. The molecule has 0 radical (unpaired) electrons. The molecule has 2 aromatic carbocycles. The molecule has 0 spiro atoms. The fraction of sp³-hybridized carbons (Fsp3) is 0.238. The van der Waals surface area contributed by atoms with Crippen molar-refractivity contribution in [1.29, 1.82) is 0 Å². The summed E-state index contributed by atoms with van der Waals surface area (Å²) in [5.74, 6) is 2.80. The Kier molecular flexibility index (Phi) is 6.81. The van der Waals surface area contributed by atoms with E-state index in [0.717, 1.165) is 22.4 Å². The number of hydrogen-bond donors (Lipinski definition) is 2. The number of amides is 1. The Morgan fingerprint density at radius 3 is 2.62 bits per heavy atom. The zero-order chi connectivity index (χ0) is 18.9. The minimum atomic E-state index is -0.234. The number of hydrazone groups is 1. The third-order valence-electron chi connectivity index (χ3n) is 3.73. The van der Waals surface area contributed by atoms with Crippen LogP contribution in [0.15, 0.2) is 41.5 Å². The van der Waals surface area contributed by atoms with E-state index in [9.17, 15) is 4.79 Å². The number of ether oxygens (including phenoxy) is 1. The van der Waals surface area contributed by atoms with Crippen LogP contribution in [0.2, 0.25) is 0 Å². The summed E-state index contributed by atoms with van der Waals surface area (Å²) in [6, 6.07) is 11.5. The van der Waals surface area contributed by atoms with Gasteiger partial charge in [-0.25, -0.2) is 5.43 Å². The van der Waals surface area contributed by atoms with Crippen LogP contribution in [0.1, 0.15) is 22.3 Å². The van der Waals surface area contributed by atoms with E-state index < -0.39 is 0 Å². The number of nitrogens with one attached hydrogen (secondary N) is 2. The molecule has 5 heteroatoms. The molecular weight excluding hydrogens is 326 g/mol. The normalized spacial score (nSPS) is 10.4. The van der Waals surface area contributed by atoms with Gasteiger partial charge in [-0.2, -0.15) is 5.10 Å². The second-order valence-corrected chi connectivity index (χ2v) is 5.95. The molecule has 0 fully saturated rings. The predicted octanol–water partition coefficient (Wildman–Crippen LogP) is 3.19. The summed E-state index contributed by atoms with van der Waals surface area (Å²) in [5.41, 5.74) is 7.64. The number of benzene rings is 2. The Bertz CT molecular complexity index is 828. The van der Waals surface area contributed by atoms with Crippen LogP contribution in [-0.4, -0.2) is 25.3 Å². The molecule has 2 N–H and O–H groups in total. The quantitative estimate of drug-likeness (QED) is 0.458. The molecule has 26 heavy (non-hydrogen) atoms. The lowest BCUT2D eigenvalue weighted by Crippen LogP contribution is -2.26. The lowest BCUT2D eigenvalue weighted by molar-refractivity contribution is -0.119. The first-order valence-corrected chi connectivity index (χ1v) is 8.30. The average Bonchev–Trinajstić information content (AvgIpc) is 2.60. The Morgan fingerprint density at radius 2 is 1.92 bits per heavy atom. The predicted molar refractivity (Wildman–Crippen MR) is 106 cm³/mol. The van der Waals surface area contributed by atoms with Crippen LogP contribution in [0.3, 0.4) is 0 Å². The zero-order valence-corrected chi connectivity index (χ0v) is 15.3. The van der Waals surface area contributed by atoms with Crippen LogP contribution in [0, 0.1) is 33.1 Å². The van der Waals surface area contributed by atoms with E-state index in [1.807, 2.05) is 32.0 Å². The third kappa shape index (κ3) is 5.38. The largest absolute Gasteiger partial charge is 0.480 e. The Hall–Kier alpha value is -3.26. The molecule has 134 valence electrons. The van der Waals surface area contributed by atoms with Crippen LogP contribution in [0.4, 0.5) is 5.69 Å². The molecule has 2 rings (SSSR count). The van der Waals surface area contributed by atoms with Gasteiger partial charge in [0, 0.05) is 11.3 Å². The van der Waals surface area contributed by atoms with Gasteiger partial charge in [0.15, 0.2) is 0 Å². The van der Waals surface area contributed by atoms with Crippen molar-refractivity contribution in [3.05, 3.63) is 58.7 Å². The first-order valence-electron chi connectivity index (χ1n) is 8.30. The lowest BCUT2D eigenvalue weighted by Gasteiger charge is -2.13. The Labute approximate surface area is 154 Å². The van der Waals surface area contributed by atoms with Gasteiger partial charge in [0.1, 0.15) is 12.4 Å². The average molecular weight is 349 g/mol. The Morgan fingerprint density at radius 1 is 1.23 bits per heavy atom. The summed E-state index contributed by atoms with van der Waals surface area (Å²) in [5, 5.41) is 7.15. The molecule has 0 atom stereocenters. The number of anilines is 1. The van der Waals surface area contributed by atoms with Crippen LogP contribution >= 0.6 is 0 Å². The minimum Gasteiger partial charge on any atom is -0.480 e. The van der Waals surface area contributed by atoms with Gasteiger partial charge in [-0.3, -0.25) is 4.79 Å². The van der Waals surface area contributed by atoms with E-state index in [1.54, 1.807) is 6.07 Å². The monoisotopic (exact) mass is 349 g/mol. The Balaban J connectivity index is 1.92. The smallest absolute Gasteiger partial charge is 0.259 e. The summed E-state index contributed by atoms with van der Waals surface area (Å²) >= 11 is 0. The van der Waals surface area contributed by atoms with E-state index in [1.165, 1.54) is 11.8 Å². The molecule has 2 aromatic rings. The highest BCUT2D eigenvalue weighted by Gasteiger charge is 2.06. The molecule has 1 amide bonds. The van der Waals surface area contributed by atoms with E-state index in [4.69, 9.17) is 11.2 Å². The molecule has 0 aliphatic rings. The van der Waals surface area contributed by atoms with E-state index >= 15 is 0 Å². The molecule has 0 aromatic heterocycles. The maximum atomic E-state index is 12.0. The fourth-order valence-electron chi connectivity index (χ4n) is 2.68. The lowest BCUT2D eigenvalue weighted by atomic mass is 10.1. The molecule has 0 bridgehead atoms. The summed E-state index contributed by atoms with van der Waals surface area (Å²) in [7, 11) is 0. The first kappa shape index (κ1) is 19.1. The molecule has 5 nitrogen and oxygen atoms in total. The van der Waals surface area contributed by atoms with Gasteiger partial charge in [-0.05, 0) is 44.0 Å². The zero-order valence-electron chi connectivity index (χ0n) is 15.3. The van der Waals surface area contributed by atoms with Crippen molar-refractivity contribution in [3.8, 4) is 18.1 Å². The molecule has 0 saturated carbocycles. The number of aryl methyl sites for hydroxylation is 3. The van der Waals surface area contributed by atoms with Gasteiger partial charge in [-0.15, -0.1) is 6.42 Å². The van der Waals surface area contributed by atoms with E-state index in [2.05, 4.69) is 40.8 Å². The van der Waals surface area contributed by atoms with Gasteiger partial charge in [0.05, 0.1) is 12.8 Å². The van der Waals surface area contributed by atoms with Crippen molar-refractivity contribution in [3.63, 3.8) is 0 Å². The molecule has 0 unspecified atom stereocenters. The number of hydrogen-bond acceptors (Lipinski definition) is 4. The molecule has 0 saturated heterocycles. The summed E-state index contributed by atoms with van der Waals surface area (Å²) in [6.07, 6.45) is 6.74. The van der Waals surface area contributed by atoms with Gasteiger partial charge >= 0.3 is 0 Å². The summed E-state index contributed by atoms with van der Waals surface area (Å²) in [6.45, 7) is 6.40. The maximum absolute atomic E-state index is 12.0. The van der Waals surface area contributed by atoms with Crippen molar-refractivity contribution < 1.29 is 9.53 Å². The number of nitrogens with zero attached hydrogens (tertiary/aromatic N) is 1. The second-order valence-electron chi connectivity index (χ2n) is 5.95. The summed E-state index contributed by atoms with van der Waals surface area (Å²) in [4.78, 5) is 12.0. The molecule has 0 aliphatic carbocycles. The molecule has 0 heterocycles. The van der Waals surface area contributed by atoms with Crippen LogP contribution in [0.5, 0.6) is 5.75 Å². The highest BCUT2D eigenvalue weighted by Crippen LogP contribution is 2.21.